The van der Waals surface area contributed by atoms with Crippen molar-refractivity contribution < 1.29 is 4.79 Å². The second-order valence-corrected chi connectivity index (χ2v) is 5.32. The van der Waals surface area contributed by atoms with Crippen LogP contribution in [0.25, 0.3) is 0 Å². The van der Waals surface area contributed by atoms with Gasteiger partial charge in [-0.15, -0.1) is 0 Å². The van der Waals surface area contributed by atoms with Crippen molar-refractivity contribution >= 4 is 23.2 Å². The van der Waals surface area contributed by atoms with E-state index >= 15 is 0 Å². The summed E-state index contributed by atoms with van der Waals surface area (Å²) in [5.41, 5.74) is 1.91. The number of rotatable bonds is 9. The van der Waals surface area contributed by atoms with Gasteiger partial charge in [0.15, 0.2) is 5.78 Å². The molecule has 0 atom stereocenters. The van der Waals surface area contributed by atoms with E-state index in [1.54, 1.807) is 0 Å². The van der Waals surface area contributed by atoms with E-state index in [2.05, 4.69) is 11.6 Å². The Balaban J connectivity index is 2.25. The van der Waals surface area contributed by atoms with Gasteiger partial charge >= 0.3 is 0 Å². The number of nitrogens with one attached hydrogen (secondary N) is 1. The molecule has 0 unspecified atom stereocenters. The summed E-state index contributed by atoms with van der Waals surface area (Å²) in [6.07, 6.45) is 6.50. The van der Waals surface area contributed by atoms with Gasteiger partial charge in [-0.1, -0.05) is 13.3 Å². The first-order valence-corrected chi connectivity index (χ1v) is 8.03. The predicted octanol–water partition coefficient (Wildman–Crippen LogP) is 4.22. The van der Waals surface area contributed by atoms with Crippen molar-refractivity contribution in [2.45, 2.75) is 32.6 Å². The van der Waals surface area contributed by atoms with Crippen molar-refractivity contribution in [1.29, 1.82) is 0 Å². The first kappa shape index (κ1) is 15.1. The summed E-state index contributed by atoms with van der Waals surface area (Å²) in [5, 5.41) is 3.39. The highest BCUT2D eigenvalue weighted by Crippen LogP contribution is 2.11. The van der Waals surface area contributed by atoms with Crippen LogP contribution in [-0.4, -0.2) is 24.3 Å². The maximum atomic E-state index is 11.5. The summed E-state index contributed by atoms with van der Waals surface area (Å²) in [4.78, 5) is 11.5. The van der Waals surface area contributed by atoms with Crippen LogP contribution in [0.2, 0.25) is 0 Å². The molecule has 1 rings (SSSR count). The Morgan fingerprint density at radius 3 is 2.50 bits per heavy atom. The Morgan fingerprint density at radius 1 is 1.17 bits per heavy atom. The Kier molecular flexibility index (Phi) is 7.58. The molecule has 0 bridgehead atoms. The smallest absolute Gasteiger partial charge is 0.162 e. The first-order valence-electron chi connectivity index (χ1n) is 6.64. The number of carbonyl (C=O) groups is 1. The number of benzene rings is 1. The lowest BCUT2D eigenvalue weighted by molar-refractivity contribution is 0.0988. The van der Waals surface area contributed by atoms with Gasteiger partial charge in [0.2, 0.25) is 0 Å². The zero-order valence-electron chi connectivity index (χ0n) is 11.4. The number of unbranched alkanes of at least 4 members (excludes halogenated alkanes) is 2. The number of anilines is 1. The van der Waals surface area contributed by atoms with Gasteiger partial charge in [-0.25, -0.2) is 0 Å². The lowest BCUT2D eigenvalue weighted by atomic mass is 10.1. The van der Waals surface area contributed by atoms with Crippen LogP contribution < -0.4 is 5.32 Å². The maximum absolute atomic E-state index is 11.5. The van der Waals surface area contributed by atoms with Crippen LogP contribution in [0, 0.1) is 0 Å². The molecule has 1 aromatic rings. The molecule has 0 aliphatic carbocycles. The lowest BCUT2D eigenvalue weighted by Gasteiger charge is -2.07. The van der Waals surface area contributed by atoms with Gasteiger partial charge in [-0.2, -0.15) is 11.8 Å². The lowest BCUT2D eigenvalue weighted by Crippen LogP contribution is -2.02. The van der Waals surface area contributed by atoms with E-state index in [-0.39, 0.29) is 5.78 Å². The van der Waals surface area contributed by atoms with Gasteiger partial charge in [-0.05, 0) is 49.1 Å². The molecule has 0 amide bonds. The van der Waals surface area contributed by atoms with E-state index in [9.17, 15) is 4.79 Å². The van der Waals surface area contributed by atoms with Crippen molar-refractivity contribution in [3.63, 3.8) is 0 Å². The SMILES string of the molecule is CCC(=O)c1ccc(NCCCCCSC)cc1. The molecule has 0 saturated heterocycles. The number of hydrogen-bond donors (Lipinski definition) is 1. The fraction of sp³-hybridized carbons (Fsp3) is 0.533. The fourth-order valence-corrected chi connectivity index (χ4v) is 2.25. The monoisotopic (exact) mass is 265 g/mol. The number of carbonyl (C=O) groups excluding carboxylic acids is 1. The topological polar surface area (TPSA) is 29.1 Å². The average molecular weight is 265 g/mol. The van der Waals surface area contributed by atoms with Crippen molar-refractivity contribution in [1.82, 2.24) is 0 Å². The highest BCUT2D eigenvalue weighted by molar-refractivity contribution is 7.98. The molecule has 0 radical (unpaired) electrons. The van der Waals surface area contributed by atoms with Crippen LogP contribution in [0.5, 0.6) is 0 Å². The molecule has 1 N–H and O–H groups in total. The Morgan fingerprint density at radius 2 is 1.89 bits per heavy atom. The Bertz CT molecular complexity index is 348. The number of Topliss-reactive ketones (excluding diaryl/α,β-unsaturated/α-hetero) is 1. The molecule has 0 fully saturated rings. The molecule has 0 aliphatic heterocycles. The third-order valence-corrected chi connectivity index (χ3v) is 3.58. The minimum absolute atomic E-state index is 0.207. The zero-order valence-corrected chi connectivity index (χ0v) is 12.2. The molecule has 0 spiro atoms. The van der Waals surface area contributed by atoms with Crippen molar-refractivity contribution in [3.8, 4) is 0 Å². The molecule has 0 aromatic heterocycles. The van der Waals surface area contributed by atoms with E-state index in [4.69, 9.17) is 0 Å². The molecule has 100 valence electrons. The fourth-order valence-electron chi connectivity index (χ4n) is 1.76. The minimum atomic E-state index is 0.207. The van der Waals surface area contributed by atoms with Gasteiger partial charge in [0.1, 0.15) is 0 Å². The Labute approximate surface area is 115 Å². The number of ketones is 1. The van der Waals surface area contributed by atoms with Gasteiger partial charge in [0, 0.05) is 24.2 Å². The van der Waals surface area contributed by atoms with E-state index < -0.39 is 0 Å². The van der Waals surface area contributed by atoms with Crippen LogP contribution in [0.4, 0.5) is 5.69 Å². The van der Waals surface area contributed by atoms with Gasteiger partial charge in [0.25, 0.3) is 0 Å². The first-order chi connectivity index (χ1) is 8.77. The van der Waals surface area contributed by atoms with E-state index in [1.165, 1.54) is 25.0 Å². The molecule has 1 aromatic carbocycles. The average Bonchev–Trinajstić information content (AvgIpc) is 2.42. The predicted molar refractivity (Wildman–Crippen MR) is 81.8 cm³/mol. The molecule has 0 saturated carbocycles. The Hall–Kier alpha value is -0.960. The van der Waals surface area contributed by atoms with Crippen LogP contribution in [0.3, 0.4) is 0 Å². The van der Waals surface area contributed by atoms with Gasteiger partial charge in [0.05, 0.1) is 0 Å². The number of hydrogen-bond acceptors (Lipinski definition) is 3. The molecule has 18 heavy (non-hydrogen) atoms. The maximum Gasteiger partial charge on any atom is 0.162 e. The summed E-state index contributed by atoms with van der Waals surface area (Å²) < 4.78 is 0. The summed E-state index contributed by atoms with van der Waals surface area (Å²) in [6, 6.07) is 7.79. The zero-order chi connectivity index (χ0) is 13.2. The normalized spacial score (nSPS) is 10.3. The van der Waals surface area contributed by atoms with Crippen molar-refractivity contribution in [3.05, 3.63) is 29.8 Å². The molecular weight excluding hydrogens is 242 g/mol. The summed E-state index contributed by atoms with van der Waals surface area (Å²) in [7, 11) is 0. The second-order valence-electron chi connectivity index (χ2n) is 4.33. The highest BCUT2D eigenvalue weighted by Gasteiger charge is 2.01. The summed E-state index contributed by atoms with van der Waals surface area (Å²) in [6.45, 7) is 2.90. The van der Waals surface area contributed by atoms with E-state index in [0.29, 0.717) is 6.42 Å². The van der Waals surface area contributed by atoms with Gasteiger partial charge in [-0.3, -0.25) is 4.79 Å². The van der Waals surface area contributed by atoms with Crippen LogP contribution >= 0.6 is 11.8 Å². The largest absolute Gasteiger partial charge is 0.385 e. The molecule has 2 nitrogen and oxygen atoms in total. The van der Waals surface area contributed by atoms with E-state index in [0.717, 1.165) is 17.8 Å². The van der Waals surface area contributed by atoms with Crippen LogP contribution in [0.15, 0.2) is 24.3 Å². The quantitative estimate of drug-likeness (QED) is 0.535. The molecular formula is C15H23NOS. The molecule has 0 aliphatic rings. The third-order valence-electron chi connectivity index (χ3n) is 2.88. The second kappa shape index (κ2) is 9.03. The van der Waals surface area contributed by atoms with Crippen LogP contribution in [0.1, 0.15) is 43.0 Å². The molecule has 0 heterocycles. The summed E-state index contributed by atoms with van der Waals surface area (Å²) >= 11 is 1.91. The van der Waals surface area contributed by atoms with Crippen molar-refractivity contribution in [2.24, 2.45) is 0 Å². The number of thioether (sulfide) groups is 1. The highest BCUT2D eigenvalue weighted by atomic mass is 32.2. The van der Waals surface area contributed by atoms with Crippen molar-refractivity contribution in [2.75, 3.05) is 23.9 Å². The van der Waals surface area contributed by atoms with Gasteiger partial charge < -0.3 is 5.32 Å². The third kappa shape index (κ3) is 5.58. The molecule has 3 heteroatoms. The minimum Gasteiger partial charge on any atom is -0.385 e. The standard InChI is InChI=1S/C15H23NOS/c1-3-15(17)13-7-9-14(10-8-13)16-11-5-4-6-12-18-2/h7-10,16H,3-6,11-12H2,1-2H3. The summed E-state index contributed by atoms with van der Waals surface area (Å²) in [5.74, 6) is 1.46. The van der Waals surface area contributed by atoms with E-state index in [1.807, 2.05) is 43.0 Å². The van der Waals surface area contributed by atoms with Crippen LogP contribution in [-0.2, 0) is 0 Å².